The van der Waals surface area contributed by atoms with Gasteiger partial charge < -0.3 is 0 Å². The molecule has 0 atom stereocenters. The van der Waals surface area contributed by atoms with E-state index >= 15 is 0 Å². The highest BCUT2D eigenvalue weighted by atomic mass is 35.5. The van der Waals surface area contributed by atoms with Gasteiger partial charge in [-0.15, -0.1) is 0 Å². The van der Waals surface area contributed by atoms with Crippen LogP contribution in [0.3, 0.4) is 0 Å². The van der Waals surface area contributed by atoms with Gasteiger partial charge in [-0.25, -0.2) is 4.39 Å². The van der Waals surface area contributed by atoms with Crippen LogP contribution in [0.25, 0.3) is 0 Å². The molecule has 0 aromatic rings. The van der Waals surface area contributed by atoms with Crippen molar-refractivity contribution in [3.8, 4) is 0 Å². The molecule has 0 aromatic carbocycles. The molecule has 18 heavy (non-hydrogen) atoms. The molecule has 0 fully saturated rings. The van der Waals surface area contributed by atoms with Crippen molar-refractivity contribution < 1.29 is 48.3 Å². The molecular weight excluding hydrogens is 316 g/mol. The van der Waals surface area contributed by atoms with E-state index in [1.54, 1.807) is 0 Å². The van der Waals surface area contributed by atoms with Gasteiger partial charge >= 0.3 is 23.7 Å². The third kappa shape index (κ3) is 3.39. The van der Waals surface area contributed by atoms with Crippen LogP contribution in [0.4, 0.5) is 48.3 Å². The van der Waals surface area contributed by atoms with E-state index in [0.717, 1.165) is 0 Å². The molecule has 0 saturated heterocycles. The molecule has 0 radical (unpaired) electrons. The number of allylic oxidation sites excluding steroid dienone is 2. The van der Waals surface area contributed by atoms with E-state index in [4.69, 9.17) is 0 Å². The van der Waals surface area contributed by atoms with Crippen molar-refractivity contribution in [2.75, 3.05) is 0 Å². The molecule has 0 aromatic heterocycles. The van der Waals surface area contributed by atoms with Crippen molar-refractivity contribution in [2.24, 2.45) is 0 Å². The van der Waals surface area contributed by atoms with E-state index in [1.165, 1.54) is 0 Å². The molecule has 0 aliphatic heterocycles. The van der Waals surface area contributed by atoms with Gasteiger partial charge in [0.2, 0.25) is 0 Å². The highest BCUT2D eigenvalue weighted by Gasteiger charge is 2.65. The van der Waals surface area contributed by atoms with Gasteiger partial charge in [-0.3, -0.25) is 0 Å². The number of alkyl halides is 11. The Morgan fingerprint density at radius 2 is 0.944 bits per heavy atom. The van der Waals surface area contributed by atoms with Gasteiger partial charge in [0.05, 0.1) is 0 Å². The van der Waals surface area contributed by atoms with Gasteiger partial charge in [-0.05, 0) is 11.6 Å². The third-order valence-corrected chi connectivity index (χ3v) is 1.66. The molecule has 0 amide bonds. The lowest BCUT2D eigenvalue weighted by atomic mass is 10.1. The predicted octanol–water partition coefficient (Wildman–Crippen LogP) is 4.80. The minimum atomic E-state index is -6.64. The van der Waals surface area contributed by atoms with Crippen molar-refractivity contribution in [1.82, 2.24) is 0 Å². The summed E-state index contributed by atoms with van der Waals surface area (Å²) in [5, 5.41) is -5.96. The third-order valence-electron chi connectivity index (χ3n) is 1.42. The van der Waals surface area contributed by atoms with Crippen molar-refractivity contribution in [1.29, 1.82) is 0 Å². The zero-order chi connectivity index (χ0) is 15.2. The molecule has 0 heterocycles. The Kier molecular flexibility index (Phi) is 4.24. The standard InChI is InChI=1S/C6ClF11/c7-6(17,18)3(9,10)2(8)1(4(11,12)13)5(14,15)16. The predicted molar refractivity (Wildman–Crippen MR) is 36.0 cm³/mol. The first-order valence-corrected chi connectivity index (χ1v) is 3.90. The molecule has 0 saturated carbocycles. The van der Waals surface area contributed by atoms with E-state index in [0.29, 0.717) is 0 Å². The summed E-state index contributed by atoms with van der Waals surface area (Å²) in [5.41, 5.74) is -4.37. The molecule has 0 rings (SSSR count). The lowest BCUT2D eigenvalue weighted by molar-refractivity contribution is -0.188. The van der Waals surface area contributed by atoms with Crippen LogP contribution in [0.5, 0.6) is 0 Å². The summed E-state index contributed by atoms with van der Waals surface area (Å²) in [6.07, 6.45) is -13.3. The fourth-order valence-electron chi connectivity index (χ4n) is 0.691. The molecule has 0 N–H and O–H groups in total. The summed E-state index contributed by atoms with van der Waals surface area (Å²) >= 11 is 3.57. The second-order valence-corrected chi connectivity index (χ2v) is 3.23. The molecule has 0 aliphatic carbocycles. The first kappa shape index (κ1) is 17.3. The Labute approximate surface area is 96.0 Å². The van der Waals surface area contributed by atoms with Crippen molar-refractivity contribution >= 4 is 11.6 Å². The van der Waals surface area contributed by atoms with Crippen molar-refractivity contribution in [3.63, 3.8) is 0 Å². The van der Waals surface area contributed by atoms with Gasteiger partial charge in [0.1, 0.15) is 0 Å². The second kappa shape index (κ2) is 4.42. The monoisotopic (exact) mass is 316 g/mol. The van der Waals surface area contributed by atoms with Gasteiger partial charge in [-0.1, -0.05) is 0 Å². The molecule has 0 bridgehead atoms. The lowest BCUT2D eigenvalue weighted by Gasteiger charge is -2.23. The zero-order valence-corrected chi connectivity index (χ0v) is 8.29. The van der Waals surface area contributed by atoms with E-state index < -0.39 is 35.1 Å². The minimum absolute atomic E-state index is 3.57. The van der Waals surface area contributed by atoms with E-state index in [2.05, 4.69) is 11.6 Å². The molecular formula is C6ClF11. The summed E-state index contributed by atoms with van der Waals surface area (Å²) in [6, 6.07) is 0. The van der Waals surface area contributed by atoms with Gasteiger partial charge in [0.15, 0.2) is 11.4 Å². The summed E-state index contributed by atoms with van der Waals surface area (Å²) in [7, 11) is 0. The topological polar surface area (TPSA) is 0 Å². The van der Waals surface area contributed by atoms with Crippen LogP contribution < -0.4 is 0 Å². The summed E-state index contributed by atoms with van der Waals surface area (Å²) in [4.78, 5) is 0. The fourth-order valence-corrected chi connectivity index (χ4v) is 0.774. The molecule has 0 aliphatic rings. The smallest absolute Gasteiger partial charge is 0.204 e. The summed E-state index contributed by atoms with van der Waals surface area (Å²) in [6.45, 7) is 0. The van der Waals surface area contributed by atoms with Gasteiger partial charge in [0, 0.05) is 0 Å². The van der Waals surface area contributed by atoms with Gasteiger partial charge in [-0.2, -0.15) is 43.9 Å². The summed E-state index contributed by atoms with van der Waals surface area (Å²) < 4.78 is 131. The van der Waals surface area contributed by atoms with E-state index in [9.17, 15) is 48.3 Å². The van der Waals surface area contributed by atoms with Crippen LogP contribution in [-0.4, -0.2) is 23.7 Å². The first-order chi connectivity index (χ1) is 7.53. The molecule has 108 valence electrons. The summed E-state index contributed by atoms with van der Waals surface area (Å²) in [5.74, 6) is -10.9. The Morgan fingerprint density at radius 1 is 0.667 bits per heavy atom. The highest BCUT2D eigenvalue weighted by molar-refractivity contribution is 6.22. The SMILES string of the molecule is FC(=C(C(F)(F)F)C(F)(F)F)C(F)(F)C(F)(F)Cl. The van der Waals surface area contributed by atoms with Crippen LogP contribution in [0.2, 0.25) is 0 Å². The number of hydrogen-bond acceptors (Lipinski definition) is 0. The average molecular weight is 316 g/mol. The largest absolute Gasteiger partial charge is 0.424 e. The molecule has 0 unspecified atom stereocenters. The fraction of sp³-hybridized carbons (Fsp3) is 0.667. The maximum Gasteiger partial charge on any atom is 0.424 e. The van der Waals surface area contributed by atoms with Crippen LogP contribution in [0, 0.1) is 0 Å². The highest BCUT2D eigenvalue weighted by Crippen LogP contribution is 2.50. The normalized spacial score (nSPS) is 14.7. The number of hydrogen-bond donors (Lipinski definition) is 0. The van der Waals surface area contributed by atoms with Crippen LogP contribution in [-0.2, 0) is 0 Å². The first-order valence-electron chi connectivity index (χ1n) is 3.52. The Morgan fingerprint density at radius 3 is 1.11 bits per heavy atom. The quantitative estimate of drug-likeness (QED) is 0.507. The zero-order valence-electron chi connectivity index (χ0n) is 7.54. The van der Waals surface area contributed by atoms with Crippen molar-refractivity contribution in [2.45, 2.75) is 23.7 Å². The number of halogens is 12. The van der Waals surface area contributed by atoms with E-state index in [-0.39, 0.29) is 0 Å². The Bertz CT molecular complexity index is 324. The molecule has 0 nitrogen and oxygen atoms in total. The molecule has 0 spiro atoms. The van der Waals surface area contributed by atoms with Crippen LogP contribution >= 0.6 is 11.6 Å². The number of rotatable bonds is 2. The maximum absolute atomic E-state index is 12.5. The minimum Gasteiger partial charge on any atom is -0.204 e. The van der Waals surface area contributed by atoms with Crippen molar-refractivity contribution in [3.05, 3.63) is 11.4 Å². The van der Waals surface area contributed by atoms with Gasteiger partial charge in [0.25, 0.3) is 0 Å². The Hall–Kier alpha value is -0.740. The average Bonchev–Trinajstić information content (AvgIpc) is 1.95. The molecule has 12 heteroatoms. The van der Waals surface area contributed by atoms with E-state index in [1.807, 2.05) is 0 Å². The maximum atomic E-state index is 12.5. The van der Waals surface area contributed by atoms with Crippen LogP contribution in [0.15, 0.2) is 11.4 Å². The lowest BCUT2D eigenvalue weighted by Crippen LogP contribution is -2.40. The van der Waals surface area contributed by atoms with Crippen LogP contribution in [0.1, 0.15) is 0 Å². The second-order valence-electron chi connectivity index (χ2n) is 2.76. The Balaban J connectivity index is 6.11.